The molecule has 2 unspecified atom stereocenters. The van der Waals surface area contributed by atoms with Gasteiger partial charge in [-0.2, -0.15) is 4.31 Å². The summed E-state index contributed by atoms with van der Waals surface area (Å²) in [6.45, 7) is 7.38. The zero-order valence-corrected chi connectivity index (χ0v) is 16.8. The number of hydrogen-bond acceptors (Lipinski definition) is 3. The third kappa shape index (κ3) is 2.63. The minimum atomic E-state index is -3.53. The molecule has 0 spiro atoms. The molecule has 5 heteroatoms. The van der Waals surface area contributed by atoms with E-state index in [0.29, 0.717) is 11.4 Å². The lowest BCUT2D eigenvalue weighted by atomic mass is 9.65. The van der Waals surface area contributed by atoms with Crippen LogP contribution in [0.25, 0.3) is 21.9 Å². The van der Waals surface area contributed by atoms with E-state index in [1.807, 2.05) is 24.3 Å². The predicted octanol–water partition coefficient (Wildman–Crippen LogP) is 5.18. The minimum Gasteiger partial charge on any atom is -0.456 e. The van der Waals surface area contributed by atoms with Crippen LogP contribution in [0.5, 0.6) is 0 Å². The molecule has 3 aromatic rings. The number of rotatable bonds is 2. The lowest BCUT2D eigenvalue weighted by Crippen LogP contribution is -2.37. The molecule has 2 aliphatic rings. The highest BCUT2D eigenvalue weighted by Gasteiger charge is 2.53. The SMILES string of the molecule is CC1(C)CC2CC(C)(CN2S(=O)(=O)c2ccc3oc4ccccc4c3c2)C1. The topological polar surface area (TPSA) is 50.5 Å². The van der Waals surface area contributed by atoms with E-state index in [2.05, 4.69) is 20.8 Å². The van der Waals surface area contributed by atoms with Crippen molar-refractivity contribution in [1.82, 2.24) is 4.31 Å². The van der Waals surface area contributed by atoms with Crippen LogP contribution in [0.4, 0.5) is 0 Å². The Balaban J connectivity index is 1.60. The van der Waals surface area contributed by atoms with Gasteiger partial charge in [-0.1, -0.05) is 39.0 Å². The zero-order valence-electron chi connectivity index (χ0n) is 16.0. The number of hydrogen-bond donors (Lipinski definition) is 0. The molecule has 0 amide bonds. The van der Waals surface area contributed by atoms with Gasteiger partial charge in [0.1, 0.15) is 11.2 Å². The Morgan fingerprint density at radius 1 is 1.00 bits per heavy atom. The zero-order chi connectivity index (χ0) is 19.0. The molecule has 2 fully saturated rings. The first-order valence-electron chi connectivity index (χ1n) is 9.60. The lowest BCUT2D eigenvalue weighted by Gasteiger charge is -2.39. The Labute approximate surface area is 160 Å². The van der Waals surface area contributed by atoms with E-state index in [4.69, 9.17) is 4.42 Å². The number of nitrogens with zero attached hydrogens (tertiary/aromatic N) is 1. The fraction of sp³-hybridized carbons (Fsp3) is 0.455. The van der Waals surface area contributed by atoms with E-state index in [0.717, 1.165) is 41.2 Å². The summed E-state index contributed by atoms with van der Waals surface area (Å²) in [4.78, 5) is 0.371. The Morgan fingerprint density at radius 3 is 2.56 bits per heavy atom. The van der Waals surface area contributed by atoms with Gasteiger partial charge in [0.15, 0.2) is 0 Å². The molecule has 1 saturated heterocycles. The van der Waals surface area contributed by atoms with Gasteiger partial charge in [-0.25, -0.2) is 8.42 Å². The second-order valence-corrected chi connectivity index (χ2v) is 11.4. The average molecular weight is 384 g/mol. The summed E-state index contributed by atoms with van der Waals surface area (Å²) in [7, 11) is -3.53. The van der Waals surface area contributed by atoms with Crippen LogP contribution >= 0.6 is 0 Å². The molecule has 142 valence electrons. The fourth-order valence-electron chi connectivity index (χ4n) is 5.69. The van der Waals surface area contributed by atoms with Gasteiger partial charge < -0.3 is 4.42 Å². The number of benzene rings is 2. The average Bonchev–Trinajstić information content (AvgIpc) is 3.07. The third-order valence-electron chi connectivity index (χ3n) is 6.32. The van der Waals surface area contributed by atoms with E-state index in [9.17, 15) is 8.42 Å². The summed E-state index contributed by atoms with van der Waals surface area (Å²) in [6, 6.07) is 13.1. The van der Waals surface area contributed by atoms with E-state index in [1.165, 1.54) is 0 Å². The van der Waals surface area contributed by atoms with Crippen LogP contribution in [-0.2, 0) is 10.0 Å². The van der Waals surface area contributed by atoms with E-state index in [1.54, 1.807) is 22.5 Å². The highest BCUT2D eigenvalue weighted by molar-refractivity contribution is 7.89. The summed E-state index contributed by atoms with van der Waals surface area (Å²) in [5.41, 5.74) is 1.77. The summed E-state index contributed by atoms with van der Waals surface area (Å²) in [6.07, 6.45) is 2.97. The fourth-order valence-corrected chi connectivity index (χ4v) is 7.49. The largest absolute Gasteiger partial charge is 0.456 e. The molecule has 0 radical (unpaired) electrons. The quantitative estimate of drug-likeness (QED) is 0.613. The number of fused-ring (bicyclic) bond motifs is 5. The van der Waals surface area contributed by atoms with Crippen LogP contribution in [0.3, 0.4) is 0 Å². The smallest absolute Gasteiger partial charge is 0.243 e. The molecule has 27 heavy (non-hydrogen) atoms. The van der Waals surface area contributed by atoms with Crippen LogP contribution in [-0.4, -0.2) is 25.3 Å². The van der Waals surface area contributed by atoms with Crippen molar-refractivity contribution in [3.8, 4) is 0 Å². The molecular formula is C22H25NO3S. The minimum absolute atomic E-state index is 0.0753. The van der Waals surface area contributed by atoms with Crippen molar-refractivity contribution in [3.63, 3.8) is 0 Å². The lowest BCUT2D eigenvalue weighted by molar-refractivity contribution is 0.133. The van der Waals surface area contributed by atoms with E-state index < -0.39 is 10.0 Å². The molecule has 2 atom stereocenters. The molecule has 0 N–H and O–H groups in total. The highest BCUT2D eigenvalue weighted by Crippen LogP contribution is 2.53. The van der Waals surface area contributed by atoms with Gasteiger partial charge in [-0.05, 0) is 54.4 Å². The number of para-hydroxylation sites is 1. The summed E-state index contributed by atoms with van der Waals surface area (Å²) in [5.74, 6) is 0. The van der Waals surface area contributed by atoms with Crippen molar-refractivity contribution in [2.45, 2.75) is 51.0 Å². The first-order chi connectivity index (χ1) is 12.7. The molecule has 5 rings (SSSR count). The molecular weight excluding hydrogens is 358 g/mol. The molecule has 1 aliphatic heterocycles. The normalized spacial score (nSPS) is 28.2. The van der Waals surface area contributed by atoms with Crippen molar-refractivity contribution >= 4 is 32.0 Å². The first-order valence-corrected chi connectivity index (χ1v) is 11.0. The van der Waals surface area contributed by atoms with Gasteiger partial charge in [0.2, 0.25) is 10.0 Å². The molecule has 1 saturated carbocycles. The van der Waals surface area contributed by atoms with Gasteiger partial charge in [-0.15, -0.1) is 0 Å². The number of sulfonamides is 1. The predicted molar refractivity (Wildman–Crippen MR) is 107 cm³/mol. The molecule has 1 aliphatic carbocycles. The maximum atomic E-state index is 13.5. The highest BCUT2D eigenvalue weighted by atomic mass is 32.2. The van der Waals surface area contributed by atoms with E-state index in [-0.39, 0.29) is 16.9 Å². The van der Waals surface area contributed by atoms with Crippen LogP contribution in [0, 0.1) is 10.8 Å². The van der Waals surface area contributed by atoms with Crippen LogP contribution in [0.2, 0.25) is 0 Å². The van der Waals surface area contributed by atoms with Gasteiger partial charge in [0, 0.05) is 23.4 Å². The van der Waals surface area contributed by atoms with Crippen LogP contribution in [0.15, 0.2) is 51.8 Å². The van der Waals surface area contributed by atoms with Crippen molar-refractivity contribution < 1.29 is 12.8 Å². The van der Waals surface area contributed by atoms with E-state index >= 15 is 0 Å². The second kappa shape index (κ2) is 5.36. The first kappa shape index (κ1) is 17.3. The van der Waals surface area contributed by atoms with Gasteiger partial charge >= 0.3 is 0 Å². The third-order valence-corrected chi connectivity index (χ3v) is 8.22. The van der Waals surface area contributed by atoms with Crippen molar-refractivity contribution in [1.29, 1.82) is 0 Å². The van der Waals surface area contributed by atoms with Crippen LogP contribution in [0.1, 0.15) is 40.0 Å². The van der Waals surface area contributed by atoms with Gasteiger partial charge in [0.25, 0.3) is 0 Å². The summed E-state index contributed by atoms with van der Waals surface area (Å²) in [5, 5.41) is 1.82. The number of furan rings is 1. The van der Waals surface area contributed by atoms with Crippen molar-refractivity contribution in [2.75, 3.05) is 6.54 Å². The maximum absolute atomic E-state index is 13.5. The molecule has 1 aromatic heterocycles. The standard InChI is InChI=1S/C22H25NO3S/c1-21(2)11-15-12-22(3,13-21)14-23(15)27(24,25)16-8-9-20-18(10-16)17-6-4-5-7-19(17)26-20/h4-10,15H,11-14H2,1-3H3. The Kier molecular flexibility index (Phi) is 3.43. The van der Waals surface area contributed by atoms with Crippen molar-refractivity contribution in [3.05, 3.63) is 42.5 Å². The Hall–Kier alpha value is -1.85. The molecule has 2 aromatic carbocycles. The Morgan fingerprint density at radius 2 is 1.74 bits per heavy atom. The molecule has 2 heterocycles. The van der Waals surface area contributed by atoms with Gasteiger partial charge in [-0.3, -0.25) is 0 Å². The summed E-state index contributed by atoms with van der Waals surface area (Å²) < 4.78 is 34.7. The molecule has 4 nitrogen and oxygen atoms in total. The summed E-state index contributed by atoms with van der Waals surface area (Å²) >= 11 is 0. The molecule has 2 bridgehead atoms. The van der Waals surface area contributed by atoms with Gasteiger partial charge in [0.05, 0.1) is 4.90 Å². The van der Waals surface area contributed by atoms with Crippen LogP contribution < -0.4 is 0 Å². The second-order valence-electron chi connectivity index (χ2n) is 9.52. The monoisotopic (exact) mass is 383 g/mol. The Bertz CT molecular complexity index is 1160. The van der Waals surface area contributed by atoms with Crippen molar-refractivity contribution in [2.24, 2.45) is 10.8 Å². The maximum Gasteiger partial charge on any atom is 0.243 e.